The summed E-state index contributed by atoms with van der Waals surface area (Å²) >= 11 is 0. The van der Waals surface area contributed by atoms with E-state index in [-0.39, 0.29) is 38.1 Å². The lowest BCUT2D eigenvalue weighted by Gasteiger charge is -2.37. The van der Waals surface area contributed by atoms with Gasteiger partial charge in [0.25, 0.3) is 5.91 Å². The molecule has 256 valence electrons. The largest absolute Gasteiger partial charge is 0.450 e. The Labute approximate surface area is 280 Å². The molecule has 1 aliphatic heterocycles. The zero-order valence-electron chi connectivity index (χ0n) is 28.3. The highest BCUT2D eigenvalue weighted by Gasteiger charge is 2.39. The SMILES string of the molecule is CC(C)(C)OC(=O)/N=C(\N(CCN=[N+]=[N-])C(=O)OC(C)(C)C)N1CCC[C@H](NC(=O)OCCC2c3ccccc3-c3ccccc32)C1=O. The van der Waals surface area contributed by atoms with Crippen LogP contribution in [0.1, 0.15) is 77.8 Å². The van der Waals surface area contributed by atoms with Gasteiger partial charge in [0.05, 0.1) is 6.61 Å². The highest BCUT2D eigenvalue weighted by atomic mass is 16.6. The molecule has 48 heavy (non-hydrogen) atoms. The number of carbonyl (C=O) groups excluding carboxylic acids is 4. The van der Waals surface area contributed by atoms with E-state index in [2.05, 4.69) is 44.6 Å². The Hall–Kier alpha value is -5.10. The van der Waals surface area contributed by atoms with E-state index in [4.69, 9.17) is 19.7 Å². The topological polar surface area (TPSA) is 176 Å². The van der Waals surface area contributed by atoms with Crippen LogP contribution in [0.15, 0.2) is 58.6 Å². The van der Waals surface area contributed by atoms with Gasteiger partial charge in [-0.1, -0.05) is 53.6 Å². The van der Waals surface area contributed by atoms with Crippen molar-refractivity contribution in [1.82, 2.24) is 15.1 Å². The molecule has 2 aromatic rings. The summed E-state index contributed by atoms with van der Waals surface area (Å²) in [6.07, 6.45) is -1.50. The van der Waals surface area contributed by atoms with Gasteiger partial charge in [-0.3, -0.25) is 9.69 Å². The Balaban J connectivity index is 1.49. The van der Waals surface area contributed by atoms with Crippen molar-refractivity contribution in [3.63, 3.8) is 0 Å². The maximum atomic E-state index is 13.8. The number of ether oxygens (including phenoxy) is 3. The number of hydrogen-bond acceptors (Lipinski definition) is 8. The molecule has 0 radical (unpaired) electrons. The summed E-state index contributed by atoms with van der Waals surface area (Å²) in [5.74, 6) is -0.917. The minimum Gasteiger partial charge on any atom is -0.450 e. The third-order valence-electron chi connectivity index (χ3n) is 7.50. The van der Waals surface area contributed by atoms with Crippen LogP contribution in [0.2, 0.25) is 0 Å². The van der Waals surface area contributed by atoms with Crippen LogP contribution in [0.4, 0.5) is 14.4 Å². The molecule has 4 amide bonds. The van der Waals surface area contributed by atoms with E-state index in [0.717, 1.165) is 9.80 Å². The number of fused-ring (bicyclic) bond motifs is 3. The standard InChI is InChI=1S/C34H43N7O7/c1-33(2,3)47-31(44)38-29(41(20-18-36-39-35)32(45)48-34(4,5)6)40-19-11-16-27(28(40)42)37-30(43)46-21-17-26-24-14-9-7-12-22(24)23-13-8-10-15-25(23)26/h7-10,12-15,26-27H,11,16-21H2,1-6H3,(H,37,43)/b38-29-/t27-/m0/s1. The van der Waals surface area contributed by atoms with E-state index in [1.165, 1.54) is 22.3 Å². The van der Waals surface area contributed by atoms with E-state index >= 15 is 0 Å². The lowest BCUT2D eigenvalue weighted by atomic mass is 9.94. The number of carbonyl (C=O) groups is 4. The minimum absolute atomic E-state index is 0.0628. The molecule has 0 saturated carbocycles. The van der Waals surface area contributed by atoms with Crippen molar-refractivity contribution >= 4 is 30.1 Å². The van der Waals surface area contributed by atoms with Crippen LogP contribution in [0.3, 0.4) is 0 Å². The fourth-order valence-electron chi connectivity index (χ4n) is 5.64. The van der Waals surface area contributed by atoms with E-state index < -0.39 is 41.4 Å². The fourth-order valence-corrected chi connectivity index (χ4v) is 5.64. The first-order valence-corrected chi connectivity index (χ1v) is 15.9. The molecule has 1 aliphatic carbocycles. The Morgan fingerprint density at radius 2 is 1.58 bits per heavy atom. The van der Waals surface area contributed by atoms with Gasteiger partial charge in [0.2, 0.25) is 5.96 Å². The number of amides is 4. The predicted molar refractivity (Wildman–Crippen MR) is 178 cm³/mol. The zero-order chi connectivity index (χ0) is 35.1. The fraction of sp³-hybridized carbons (Fsp3) is 0.500. The Morgan fingerprint density at radius 3 is 2.17 bits per heavy atom. The molecule has 1 fully saturated rings. The van der Waals surface area contributed by atoms with Crippen molar-refractivity contribution in [3.8, 4) is 11.1 Å². The molecule has 0 bridgehead atoms. The summed E-state index contributed by atoms with van der Waals surface area (Å²) in [5, 5.41) is 6.14. The molecule has 1 heterocycles. The molecule has 14 nitrogen and oxygen atoms in total. The second-order valence-electron chi connectivity index (χ2n) is 13.5. The minimum atomic E-state index is -1.05. The molecule has 0 spiro atoms. The van der Waals surface area contributed by atoms with Crippen molar-refractivity contribution in [3.05, 3.63) is 70.1 Å². The summed E-state index contributed by atoms with van der Waals surface area (Å²) in [5.41, 5.74) is 11.7. The first-order valence-electron chi connectivity index (χ1n) is 15.9. The van der Waals surface area contributed by atoms with Gasteiger partial charge in [-0.2, -0.15) is 0 Å². The average molecular weight is 662 g/mol. The van der Waals surface area contributed by atoms with Gasteiger partial charge in [0, 0.05) is 30.5 Å². The van der Waals surface area contributed by atoms with Gasteiger partial charge in [0.15, 0.2) is 0 Å². The normalized spacial score (nSPS) is 16.3. The third kappa shape index (κ3) is 9.25. The third-order valence-corrected chi connectivity index (χ3v) is 7.50. The number of hydrogen-bond donors (Lipinski definition) is 1. The van der Waals surface area contributed by atoms with Crippen LogP contribution in [0.5, 0.6) is 0 Å². The molecule has 14 heteroatoms. The molecular weight excluding hydrogens is 618 g/mol. The Morgan fingerprint density at radius 1 is 0.979 bits per heavy atom. The monoisotopic (exact) mass is 661 g/mol. The molecule has 4 rings (SSSR count). The molecule has 1 atom stereocenters. The van der Waals surface area contributed by atoms with Crippen molar-refractivity contribution in [2.45, 2.75) is 84.0 Å². The molecule has 1 N–H and O–H groups in total. The second kappa shape index (κ2) is 15.2. The van der Waals surface area contributed by atoms with Gasteiger partial charge in [-0.25, -0.2) is 19.3 Å². The van der Waals surface area contributed by atoms with Crippen molar-refractivity contribution < 1.29 is 33.4 Å². The number of nitrogens with zero attached hydrogens (tertiary/aromatic N) is 6. The van der Waals surface area contributed by atoms with E-state index in [9.17, 15) is 19.2 Å². The Bertz CT molecular complexity index is 1560. The van der Waals surface area contributed by atoms with Crippen molar-refractivity contribution in [2.75, 3.05) is 26.2 Å². The Kier molecular flexibility index (Phi) is 11.3. The van der Waals surface area contributed by atoms with E-state index in [1.54, 1.807) is 41.5 Å². The van der Waals surface area contributed by atoms with Crippen LogP contribution in [0, 0.1) is 0 Å². The molecule has 0 unspecified atom stereocenters. The number of alkyl carbamates (subject to hydrolysis) is 1. The second-order valence-corrected chi connectivity index (χ2v) is 13.5. The lowest BCUT2D eigenvalue weighted by molar-refractivity contribution is -0.131. The number of likely N-dealkylation sites (tertiary alicyclic amines) is 1. The molecule has 0 aromatic heterocycles. The zero-order valence-corrected chi connectivity index (χ0v) is 28.3. The summed E-state index contributed by atoms with van der Waals surface area (Å²) < 4.78 is 16.4. The van der Waals surface area contributed by atoms with E-state index in [1.807, 2.05) is 24.3 Å². The van der Waals surface area contributed by atoms with Crippen LogP contribution in [-0.2, 0) is 19.0 Å². The van der Waals surface area contributed by atoms with Gasteiger partial charge in [0.1, 0.15) is 17.2 Å². The van der Waals surface area contributed by atoms with Crippen LogP contribution < -0.4 is 5.32 Å². The van der Waals surface area contributed by atoms with Crippen LogP contribution in [-0.4, -0.2) is 83.4 Å². The van der Waals surface area contributed by atoms with Crippen LogP contribution >= 0.6 is 0 Å². The van der Waals surface area contributed by atoms with Gasteiger partial charge in [-0.15, -0.1) is 4.99 Å². The van der Waals surface area contributed by atoms with Crippen molar-refractivity contribution in [1.29, 1.82) is 0 Å². The number of benzene rings is 2. The molecule has 2 aliphatic rings. The number of rotatable bonds is 7. The number of aliphatic imine (C=N–C) groups is 1. The highest BCUT2D eigenvalue weighted by molar-refractivity contribution is 6.08. The molecular formula is C34H43N7O7. The molecule has 2 aromatic carbocycles. The number of nitrogens with one attached hydrogen (secondary N) is 1. The summed E-state index contributed by atoms with van der Waals surface area (Å²) in [7, 11) is 0. The highest BCUT2D eigenvalue weighted by Crippen LogP contribution is 2.46. The summed E-state index contributed by atoms with van der Waals surface area (Å²) in [4.78, 5) is 61.9. The number of azide groups is 1. The summed E-state index contributed by atoms with van der Waals surface area (Å²) in [6, 6.07) is 15.3. The maximum absolute atomic E-state index is 13.8. The van der Waals surface area contributed by atoms with Gasteiger partial charge < -0.3 is 19.5 Å². The first-order chi connectivity index (χ1) is 22.7. The average Bonchev–Trinajstić information content (AvgIpc) is 3.31. The quantitative estimate of drug-likeness (QED) is 0.0853. The summed E-state index contributed by atoms with van der Waals surface area (Å²) in [6.45, 7) is 9.65. The van der Waals surface area contributed by atoms with E-state index in [0.29, 0.717) is 19.3 Å². The van der Waals surface area contributed by atoms with Crippen LogP contribution in [0.25, 0.3) is 21.6 Å². The number of guanidine groups is 1. The van der Waals surface area contributed by atoms with Gasteiger partial charge in [-0.05, 0) is 88.6 Å². The smallest absolute Gasteiger partial charge is 0.437 e. The number of piperidine rings is 1. The first kappa shape index (κ1) is 35.7. The predicted octanol–water partition coefficient (Wildman–Crippen LogP) is 6.74. The lowest BCUT2D eigenvalue weighted by Crippen LogP contribution is -2.59. The maximum Gasteiger partial charge on any atom is 0.437 e. The van der Waals surface area contributed by atoms with Gasteiger partial charge >= 0.3 is 18.3 Å². The van der Waals surface area contributed by atoms with Crippen molar-refractivity contribution in [2.24, 2.45) is 10.1 Å². The molecule has 1 saturated heterocycles.